The number of nitrogens with zero attached hydrogens (tertiary/aromatic N) is 3. The zero-order valence-corrected chi connectivity index (χ0v) is 11.9. The average Bonchev–Trinajstić information content (AvgIpc) is 2.93. The first-order chi connectivity index (χ1) is 9.74. The van der Waals surface area contributed by atoms with Gasteiger partial charge in [0.2, 0.25) is 0 Å². The molecule has 0 saturated heterocycles. The second kappa shape index (κ2) is 4.61. The van der Waals surface area contributed by atoms with Gasteiger partial charge in [-0.05, 0) is 24.7 Å². The molecule has 0 amide bonds. The summed E-state index contributed by atoms with van der Waals surface area (Å²) in [6.45, 7) is 4.40. The molecule has 4 nitrogen and oxygen atoms in total. The van der Waals surface area contributed by atoms with Gasteiger partial charge < -0.3 is 5.32 Å². The van der Waals surface area contributed by atoms with Gasteiger partial charge in [0.1, 0.15) is 5.52 Å². The molecule has 2 aromatic heterocycles. The van der Waals surface area contributed by atoms with Gasteiger partial charge in [0, 0.05) is 24.5 Å². The number of rotatable bonds is 2. The molecule has 0 spiro atoms. The molecule has 2 aromatic rings. The maximum atomic E-state index is 12.7. The Morgan fingerprint density at radius 3 is 2.76 bits per heavy atom. The molecule has 1 atom stereocenters. The maximum absolute atomic E-state index is 12.7. The first-order valence-electron chi connectivity index (χ1n) is 6.93. The van der Waals surface area contributed by atoms with Gasteiger partial charge in [0.25, 0.3) is 0 Å². The van der Waals surface area contributed by atoms with E-state index in [1.54, 1.807) is 0 Å². The predicted octanol–water partition coefficient (Wildman–Crippen LogP) is 3.74. The van der Waals surface area contributed by atoms with E-state index in [0.29, 0.717) is 11.3 Å². The van der Waals surface area contributed by atoms with Crippen molar-refractivity contribution in [3.63, 3.8) is 0 Å². The van der Waals surface area contributed by atoms with Crippen LogP contribution in [0.1, 0.15) is 38.8 Å². The van der Waals surface area contributed by atoms with E-state index >= 15 is 0 Å². The molecule has 0 radical (unpaired) electrons. The van der Waals surface area contributed by atoms with Gasteiger partial charge in [0.05, 0.1) is 0 Å². The molecule has 1 saturated carbocycles. The highest BCUT2D eigenvalue weighted by molar-refractivity contribution is 5.68. The highest BCUT2D eigenvalue weighted by Crippen LogP contribution is 2.38. The minimum Gasteiger partial charge on any atom is -0.366 e. The van der Waals surface area contributed by atoms with Gasteiger partial charge in [0.15, 0.2) is 11.5 Å². The van der Waals surface area contributed by atoms with Crippen LogP contribution in [0, 0.1) is 5.41 Å². The number of anilines is 1. The highest BCUT2D eigenvalue weighted by Gasteiger charge is 2.35. The third-order valence-corrected chi connectivity index (χ3v) is 3.99. The largest absolute Gasteiger partial charge is 0.435 e. The quantitative estimate of drug-likeness (QED) is 0.918. The molecule has 1 N–H and O–H groups in total. The smallest absolute Gasteiger partial charge is 0.366 e. The lowest BCUT2D eigenvalue weighted by atomic mass is 9.92. The van der Waals surface area contributed by atoms with E-state index in [0.717, 1.165) is 25.3 Å². The molecule has 1 aliphatic carbocycles. The Bertz CT molecular complexity index is 660. The Labute approximate surface area is 120 Å². The number of fused-ring (bicyclic) bond motifs is 1. The summed E-state index contributed by atoms with van der Waals surface area (Å²) in [7, 11) is 0. The Morgan fingerprint density at radius 1 is 1.38 bits per heavy atom. The third kappa shape index (κ3) is 2.82. The van der Waals surface area contributed by atoms with E-state index in [-0.39, 0.29) is 11.5 Å². The molecule has 0 bridgehead atoms. The molecule has 1 aliphatic rings. The van der Waals surface area contributed by atoms with Crippen LogP contribution >= 0.6 is 0 Å². The average molecular weight is 298 g/mol. The van der Waals surface area contributed by atoms with Crippen LogP contribution in [0.15, 0.2) is 18.5 Å². The fourth-order valence-corrected chi connectivity index (χ4v) is 2.92. The fraction of sp³-hybridized carbons (Fsp3) is 0.571. The van der Waals surface area contributed by atoms with Gasteiger partial charge >= 0.3 is 6.18 Å². The number of aromatic nitrogens is 3. The van der Waals surface area contributed by atoms with Gasteiger partial charge in [-0.15, -0.1) is 0 Å². The summed E-state index contributed by atoms with van der Waals surface area (Å²) in [5, 5.41) is 6.82. The Morgan fingerprint density at radius 2 is 2.14 bits per heavy atom. The fourth-order valence-electron chi connectivity index (χ4n) is 2.92. The molecule has 114 valence electrons. The van der Waals surface area contributed by atoms with Crippen molar-refractivity contribution in [3.8, 4) is 0 Å². The molecule has 1 fully saturated rings. The number of hydrogen-bond acceptors (Lipinski definition) is 3. The Balaban J connectivity index is 1.91. The van der Waals surface area contributed by atoms with Crippen LogP contribution in [-0.4, -0.2) is 20.6 Å². The Hall–Kier alpha value is -1.79. The lowest BCUT2D eigenvalue weighted by molar-refractivity contribution is -0.141. The van der Waals surface area contributed by atoms with Crippen LogP contribution in [0.4, 0.5) is 19.0 Å². The highest BCUT2D eigenvalue weighted by atomic mass is 19.4. The van der Waals surface area contributed by atoms with Gasteiger partial charge in [-0.25, -0.2) is 9.50 Å². The first kappa shape index (κ1) is 14.2. The molecule has 21 heavy (non-hydrogen) atoms. The van der Waals surface area contributed by atoms with Crippen molar-refractivity contribution in [1.29, 1.82) is 0 Å². The molecule has 3 rings (SSSR count). The van der Waals surface area contributed by atoms with Crippen LogP contribution in [0.3, 0.4) is 0 Å². The zero-order chi connectivity index (χ0) is 15.3. The number of nitrogens with one attached hydrogen (secondary N) is 1. The topological polar surface area (TPSA) is 42.2 Å². The summed E-state index contributed by atoms with van der Waals surface area (Å²) in [4.78, 5) is 4.17. The second-order valence-electron chi connectivity index (χ2n) is 6.38. The maximum Gasteiger partial charge on any atom is 0.435 e. The minimum atomic E-state index is -4.45. The van der Waals surface area contributed by atoms with E-state index in [1.165, 1.54) is 16.9 Å². The summed E-state index contributed by atoms with van der Waals surface area (Å²) in [6.07, 6.45) is 1.52. The van der Waals surface area contributed by atoms with Crippen molar-refractivity contribution >= 4 is 11.3 Å². The molecule has 0 aromatic carbocycles. The van der Waals surface area contributed by atoms with E-state index in [1.807, 2.05) is 0 Å². The third-order valence-electron chi connectivity index (χ3n) is 3.99. The SMILES string of the molecule is CC1(C)CCC(Nc2nccn3nc(C(F)(F)F)cc23)C1. The molecule has 1 unspecified atom stereocenters. The van der Waals surface area contributed by atoms with E-state index in [2.05, 4.69) is 29.2 Å². The van der Waals surface area contributed by atoms with Crippen LogP contribution in [0.25, 0.3) is 5.52 Å². The summed E-state index contributed by atoms with van der Waals surface area (Å²) in [5.74, 6) is 0.461. The summed E-state index contributed by atoms with van der Waals surface area (Å²) < 4.78 is 39.5. The van der Waals surface area contributed by atoms with E-state index in [4.69, 9.17) is 0 Å². The monoisotopic (exact) mass is 298 g/mol. The number of alkyl halides is 3. The van der Waals surface area contributed by atoms with E-state index in [9.17, 15) is 13.2 Å². The van der Waals surface area contributed by atoms with Crippen molar-refractivity contribution < 1.29 is 13.2 Å². The molecular formula is C14H17F3N4. The summed E-state index contributed by atoms with van der Waals surface area (Å²) >= 11 is 0. The van der Waals surface area contributed by atoms with Crippen molar-refractivity contribution in [2.24, 2.45) is 5.41 Å². The second-order valence-corrected chi connectivity index (χ2v) is 6.38. The normalized spacial score (nSPS) is 21.9. The zero-order valence-electron chi connectivity index (χ0n) is 11.9. The van der Waals surface area contributed by atoms with Gasteiger partial charge in [-0.3, -0.25) is 0 Å². The lowest BCUT2D eigenvalue weighted by Gasteiger charge is -2.18. The standard InChI is InChI=1S/C14H17F3N4/c1-13(2)4-3-9(8-13)19-12-10-7-11(14(15,16)17)20-21(10)6-5-18-12/h5-7,9H,3-4,8H2,1-2H3,(H,18,19). The van der Waals surface area contributed by atoms with Crippen LogP contribution < -0.4 is 5.32 Å². The first-order valence-corrected chi connectivity index (χ1v) is 6.93. The number of halogens is 3. The van der Waals surface area contributed by atoms with Crippen molar-refractivity contribution in [1.82, 2.24) is 14.6 Å². The summed E-state index contributed by atoms with van der Waals surface area (Å²) in [6, 6.07) is 1.28. The van der Waals surface area contributed by atoms with Crippen molar-refractivity contribution in [3.05, 3.63) is 24.2 Å². The van der Waals surface area contributed by atoms with Crippen molar-refractivity contribution in [2.75, 3.05) is 5.32 Å². The number of hydrogen-bond donors (Lipinski definition) is 1. The molecule has 2 heterocycles. The van der Waals surface area contributed by atoms with Crippen LogP contribution in [0.5, 0.6) is 0 Å². The summed E-state index contributed by atoms with van der Waals surface area (Å²) in [5.41, 5.74) is -0.278. The molecule has 7 heteroatoms. The van der Waals surface area contributed by atoms with Gasteiger partial charge in [-0.1, -0.05) is 13.8 Å². The lowest BCUT2D eigenvalue weighted by Crippen LogP contribution is -2.18. The Kier molecular flexibility index (Phi) is 3.11. The minimum absolute atomic E-state index is 0.239. The predicted molar refractivity (Wildman–Crippen MR) is 73.0 cm³/mol. The van der Waals surface area contributed by atoms with Crippen molar-refractivity contribution in [2.45, 2.75) is 45.3 Å². The molecule has 0 aliphatic heterocycles. The molecular weight excluding hydrogens is 281 g/mol. The van der Waals surface area contributed by atoms with Crippen LogP contribution in [0.2, 0.25) is 0 Å². The van der Waals surface area contributed by atoms with E-state index < -0.39 is 11.9 Å². The van der Waals surface area contributed by atoms with Gasteiger partial charge in [-0.2, -0.15) is 18.3 Å². The van der Waals surface area contributed by atoms with Crippen LogP contribution in [-0.2, 0) is 6.18 Å².